The van der Waals surface area contributed by atoms with Crippen LogP contribution in [0.2, 0.25) is 0 Å². The third-order valence-corrected chi connectivity index (χ3v) is 3.19. The molecule has 0 amide bonds. The molecule has 0 aromatic carbocycles. The molecule has 0 spiro atoms. The van der Waals surface area contributed by atoms with E-state index in [4.69, 9.17) is 4.74 Å². The number of aromatic nitrogens is 2. The Labute approximate surface area is 105 Å². The van der Waals surface area contributed by atoms with Crippen LogP contribution in [0.5, 0.6) is 0 Å². The van der Waals surface area contributed by atoms with E-state index in [2.05, 4.69) is 16.5 Å². The quantitative estimate of drug-likeness (QED) is 0.872. The summed E-state index contributed by atoms with van der Waals surface area (Å²) in [7, 11) is 0. The van der Waals surface area contributed by atoms with Crippen molar-refractivity contribution in [3.05, 3.63) is 30.1 Å². The number of anilines is 1. The fourth-order valence-corrected chi connectivity index (χ4v) is 2.29. The molecular formula is C13H14N4O. The molecule has 92 valence electrons. The van der Waals surface area contributed by atoms with Gasteiger partial charge in [0, 0.05) is 18.8 Å². The van der Waals surface area contributed by atoms with Crippen LogP contribution in [0, 0.1) is 11.3 Å². The second-order valence-corrected chi connectivity index (χ2v) is 4.44. The zero-order valence-electron chi connectivity index (χ0n) is 9.97. The first-order valence-electron chi connectivity index (χ1n) is 6.09. The first kappa shape index (κ1) is 11.1. The molecule has 1 aliphatic rings. The highest BCUT2D eigenvalue weighted by molar-refractivity contribution is 5.77. The lowest BCUT2D eigenvalue weighted by atomic mass is 10.1. The number of nitrogens with one attached hydrogen (secondary N) is 1. The van der Waals surface area contributed by atoms with Crippen LogP contribution in [0.25, 0.3) is 5.52 Å². The lowest BCUT2D eigenvalue weighted by molar-refractivity contribution is 0.0876. The molecule has 0 bridgehead atoms. The van der Waals surface area contributed by atoms with E-state index in [1.54, 1.807) is 10.7 Å². The highest BCUT2D eigenvalue weighted by Gasteiger charge is 2.17. The second kappa shape index (κ2) is 4.67. The molecular weight excluding hydrogens is 228 g/mol. The van der Waals surface area contributed by atoms with Crippen LogP contribution >= 0.6 is 0 Å². The van der Waals surface area contributed by atoms with E-state index in [1.807, 2.05) is 18.3 Å². The Balaban J connectivity index is 1.97. The molecule has 0 radical (unpaired) electrons. The summed E-state index contributed by atoms with van der Waals surface area (Å²) in [5, 5.41) is 16.8. The Kier molecular flexibility index (Phi) is 2.87. The smallest absolute Gasteiger partial charge is 0.103 e. The van der Waals surface area contributed by atoms with Gasteiger partial charge in [-0.1, -0.05) is 0 Å². The molecule has 1 unspecified atom stereocenters. The Bertz CT molecular complexity index is 593. The fourth-order valence-electron chi connectivity index (χ4n) is 2.29. The second-order valence-electron chi connectivity index (χ2n) is 4.44. The van der Waals surface area contributed by atoms with Crippen LogP contribution < -0.4 is 5.32 Å². The molecule has 1 fully saturated rings. The normalized spacial score (nSPS) is 19.6. The van der Waals surface area contributed by atoms with E-state index in [9.17, 15) is 5.26 Å². The average molecular weight is 242 g/mol. The summed E-state index contributed by atoms with van der Waals surface area (Å²) in [6, 6.07) is 6.34. The summed E-state index contributed by atoms with van der Waals surface area (Å²) >= 11 is 0. The predicted octanol–water partition coefficient (Wildman–Crippen LogP) is 1.80. The minimum atomic E-state index is 0.270. The minimum absolute atomic E-state index is 0.270. The molecule has 2 aromatic rings. The van der Waals surface area contributed by atoms with Gasteiger partial charge in [-0.15, -0.1) is 0 Å². The fraction of sp³-hybridized carbons (Fsp3) is 0.385. The summed E-state index contributed by atoms with van der Waals surface area (Å²) in [5.74, 6) is 0. The van der Waals surface area contributed by atoms with Gasteiger partial charge < -0.3 is 10.1 Å². The molecule has 2 aromatic heterocycles. The van der Waals surface area contributed by atoms with E-state index in [0.29, 0.717) is 12.2 Å². The van der Waals surface area contributed by atoms with Crippen molar-refractivity contribution >= 4 is 11.2 Å². The number of hydrogen-bond acceptors (Lipinski definition) is 4. The summed E-state index contributed by atoms with van der Waals surface area (Å²) in [6.45, 7) is 1.53. The maximum absolute atomic E-state index is 9.17. The number of ether oxygens (including phenoxy) is 1. The summed E-state index contributed by atoms with van der Waals surface area (Å²) in [4.78, 5) is 0. The van der Waals surface area contributed by atoms with Gasteiger partial charge in [-0.3, -0.25) is 0 Å². The van der Waals surface area contributed by atoms with Gasteiger partial charge in [0.25, 0.3) is 0 Å². The lowest BCUT2D eigenvalue weighted by Crippen LogP contribution is -2.30. The standard InChI is InChI=1S/C13H14N4O/c14-7-10-8-15-17-5-1-4-12(17)13(10)16-11-3-2-6-18-9-11/h1,4-5,8,11,16H,2-3,6,9H2. The average Bonchev–Trinajstić information content (AvgIpc) is 2.89. The van der Waals surface area contributed by atoms with Gasteiger partial charge in [0.05, 0.1) is 29.6 Å². The molecule has 0 aliphatic carbocycles. The largest absolute Gasteiger partial charge is 0.379 e. The summed E-state index contributed by atoms with van der Waals surface area (Å²) in [6.07, 6.45) is 5.60. The van der Waals surface area contributed by atoms with Crippen molar-refractivity contribution in [3.63, 3.8) is 0 Å². The monoisotopic (exact) mass is 242 g/mol. The van der Waals surface area contributed by atoms with Gasteiger partial charge in [0.2, 0.25) is 0 Å². The van der Waals surface area contributed by atoms with E-state index in [1.165, 1.54) is 0 Å². The van der Waals surface area contributed by atoms with Gasteiger partial charge in [0.1, 0.15) is 6.07 Å². The van der Waals surface area contributed by atoms with E-state index in [-0.39, 0.29) is 6.04 Å². The molecule has 1 atom stereocenters. The Morgan fingerprint density at radius 2 is 2.50 bits per heavy atom. The number of nitrogens with zero attached hydrogens (tertiary/aromatic N) is 3. The molecule has 5 nitrogen and oxygen atoms in total. The van der Waals surface area contributed by atoms with Gasteiger partial charge >= 0.3 is 0 Å². The number of nitriles is 1. The summed E-state index contributed by atoms with van der Waals surface area (Å²) in [5.41, 5.74) is 2.36. The minimum Gasteiger partial charge on any atom is -0.379 e. The Morgan fingerprint density at radius 1 is 1.56 bits per heavy atom. The van der Waals surface area contributed by atoms with Gasteiger partial charge in [-0.2, -0.15) is 10.4 Å². The SMILES string of the molecule is N#Cc1cnn2cccc2c1NC1CCCOC1. The van der Waals surface area contributed by atoms with Gasteiger partial charge in [-0.25, -0.2) is 4.52 Å². The van der Waals surface area contributed by atoms with Gasteiger partial charge in [0.15, 0.2) is 0 Å². The maximum atomic E-state index is 9.17. The molecule has 18 heavy (non-hydrogen) atoms. The number of rotatable bonds is 2. The topological polar surface area (TPSA) is 62.4 Å². The van der Waals surface area contributed by atoms with E-state index < -0.39 is 0 Å². The zero-order chi connectivity index (χ0) is 12.4. The Morgan fingerprint density at radius 3 is 3.28 bits per heavy atom. The zero-order valence-corrected chi connectivity index (χ0v) is 9.97. The molecule has 0 saturated carbocycles. The van der Waals surface area contributed by atoms with Crippen LogP contribution in [0.4, 0.5) is 5.69 Å². The molecule has 5 heteroatoms. The van der Waals surface area contributed by atoms with Crippen molar-refractivity contribution < 1.29 is 4.74 Å². The van der Waals surface area contributed by atoms with Crippen LogP contribution in [0.3, 0.4) is 0 Å². The third kappa shape index (κ3) is 1.91. The highest BCUT2D eigenvalue weighted by Crippen LogP contribution is 2.23. The Hall–Kier alpha value is -2.06. The van der Waals surface area contributed by atoms with Crippen molar-refractivity contribution in [3.8, 4) is 6.07 Å². The van der Waals surface area contributed by atoms with Crippen LogP contribution in [0.15, 0.2) is 24.5 Å². The maximum Gasteiger partial charge on any atom is 0.103 e. The van der Waals surface area contributed by atoms with Crippen LogP contribution in [-0.2, 0) is 4.74 Å². The molecule has 3 rings (SSSR count). The highest BCUT2D eigenvalue weighted by atomic mass is 16.5. The van der Waals surface area contributed by atoms with E-state index >= 15 is 0 Å². The summed E-state index contributed by atoms with van der Waals surface area (Å²) < 4.78 is 7.22. The van der Waals surface area contributed by atoms with E-state index in [0.717, 1.165) is 30.7 Å². The molecule has 1 N–H and O–H groups in total. The van der Waals surface area contributed by atoms with Crippen molar-refractivity contribution in [2.24, 2.45) is 0 Å². The van der Waals surface area contributed by atoms with Crippen molar-refractivity contribution in [2.45, 2.75) is 18.9 Å². The number of hydrogen-bond donors (Lipinski definition) is 1. The molecule has 1 aliphatic heterocycles. The number of fused-ring (bicyclic) bond motifs is 1. The first-order valence-corrected chi connectivity index (χ1v) is 6.09. The van der Waals surface area contributed by atoms with Crippen molar-refractivity contribution in [1.82, 2.24) is 9.61 Å². The molecule has 1 saturated heterocycles. The third-order valence-electron chi connectivity index (χ3n) is 3.19. The predicted molar refractivity (Wildman–Crippen MR) is 67.4 cm³/mol. The van der Waals surface area contributed by atoms with Crippen LogP contribution in [-0.4, -0.2) is 28.9 Å². The van der Waals surface area contributed by atoms with Crippen molar-refractivity contribution in [2.75, 3.05) is 18.5 Å². The van der Waals surface area contributed by atoms with Crippen molar-refractivity contribution in [1.29, 1.82) is 5.26 Å². The van der Waals surface area contributed by atoms with Gasteiger partial charge in [-0.05, 0) is 25.0 Å². The molecule has 3 heterocycles. The lowest BCUT2D eigenvalue weighted by Gasteiger charge is -2.24. The first-order chi connectivity index (χ1) is 8.88. The van der Waals surface area contributed by atoms with Crippen LogP contribution in [0.1, 0.15) is 18.4 Å².